The molecule has 1 atom stereocenters. The second-order valence-corrected chi connectivity index (χ2v) is 6.02. The van der Waals surface area contributed by atoms with E-state index in [4.69, 9.17) is 14.4 Å². The van der Waals surface area contributed by atoms with Crippen LogP contribution in [0.4, 0.5) is 0 Å². The number of aliphatic carboxylic acids is 1. The molecule has 0 aliphatic heterocycles. The van der Waals surface area contributed by atoms with Gasteiger partial charge in [-0.25, -0.2) is 4.79 Å². The summed E-state index contributed by atoms with van der Waals surface area (Å²) >= 11 is 0. The van der Waals surface area contributed by atoms with Crippen molar-refractivity contribution in [2.75, 3.05) is 12.4 Å². The van der Waals surface area contributed by atoms with Crippen LogP contribution in [0.25, 0.3) is 0 Å². The van der Waals surface area contributed by atoms with E-state index in [1.807, 2.05) is 6.92 Å². The smallest absolute Gasteiger partial charge is 0.481 e. The standard InChI is InChI=1S/C11H18O4.C3H7O3S.Li/c1-3-5-7-9(11(13)14)8-15-10(12)6-4-2;1-2-3-7(4,5)6;/h4,6,9H,3,5,7-8H2,1-2H3,(H,13,14);1-3H2,(H,4,5,6);/q;-1;+1. The van der Waals surface area contributed by atoms with E-state index in [9.17, 15) is 18.0 Å². The summed E-state index contributed by atoms with van der Waals surface area (Å²) in [4.78, 5) is 21.7. The van der Waals surface area contributed by atoms with Crippen molar-refractivity contribution < 1.29 is 51.3 Å². The molecule has 2 N–H and O–H groups in total. The summed E-state index contributed by atoms with van der Waals surface area (Å²) in [5.74, 6) is -2.22. The topological polar surface area (TPSA) is 118 Å². The Labute approximate surface area is 150 Å². The van der Waals surface area contributed by atoms with Crippen LogP contribution in [0.1, 0.15) is 39.5 Å². The number of ether oxygens (including phenoxy) is 1. The van der Waals surface area contributed by atoms with Crippen LogP contribution in [-0.2, 0) is 24.4 Å². The molecule has 0 aliphatic rings. The minimum absolute atomic E-state index is 0. The third-order valence-electron chi connectivity index (χ3n) is 2.39. The van der Waals surface area contributed by atoms with Crippen LogP contribution in [0.5, 0.6) is 0 Å². The van der Waals surface area contributed by atoms with Gasteiger partial charge in [0, 0.05) is 11.8 Å². The molecule has 0 radical (unpaired) electrons. The van der Waals surface area contributed by atoms with Gasteiger partial charge in [-0.05, 0) is 13.3 Å². The number of unbranched alkanes of at least 4 members (excludes halogenated alkanes) is 1. The molecule has 0 rings (SSSR count). The summed E-state index contributed by atoms with van der Waals surface area (Å²) in [7, 11) is -3.74. The number of esters is 1. The molecule has 0 aliphatic carbocycles. The van der Waals surface area contributed by atoms with Crippen molar-refractivity contribution in [1.29, 1.82) is 0 Å². The van der Waals surface area contributed by atoms with Gasteiger partial charge in [-0.2, -0.15) is 14.8 Å². The molecule has 23 heavy (non-hydrogen) atoms. The molecule has 7 nitrogen and oxygen atoms in total. The number of hydrogen-bond acceptors (Lipinski definition) is 5. The van der Waals surface area contributed by atoms with E-state index in [0.29, 0.717) is 6.42 Å². The molecule has 0 bridgehead atoms. The molecule has 130 valence electrons. The Kier molecular flexibility index (Phi) is 18.9. The number of carbonyl (C=O) groups is 2. The number of allylic oxidation sites excluding steroid dienone is 1. The molecule has 0 aromatic carbocycles. The largest absolute Gasteiger partial charge is 1.00 e. The maximum atomic E-state index is 10.9. The van der Waals surface area contributed by atoms with Gasteiger partial charge >= 0.3 is 30.8 Å². The summed E-state index contributed by atoms with van der Waals surface area (Å²) < 4.78 is 32.2. The van der Waals surface area contributed by atoms with Crippen LogP contribution >= 0.6 is 0 Å². The average Bonchev–Trinajstić information content (AvgIpc) is 2.38. The molecule has 0 amide bonds. The molecular formula is C14H25LiO7S. The van der Waals surface area contributed by atoms with Crippen molar-refractivity contribution in [2.24, 2.45) is 5.92 Å². The van der Waals surface area contributed by atoms with E-state index in [1.54, 1.807) is 13.0 Å². The first-order valence-electron chi connectivity index (χ1n) is 6.94. The van der Waals surface area contributed by atoms with E-state index < -0.39 is 28.0 Å². The first-order chi connectivity index (χ1) is 10.2. The van der Waals surface area contributed by atoms with Crippen LogP contribution in [0, 0.1) is 12.8 Å². The molecular weight excluding hydrogens is 319 g/mol. The van der Waals surface area contributed by atoms with Crippen LogP contribution in [0.3, 0.4) is 0 Å². The summed E-state index contributed by atoms with van der Waals surface area (Å²) in [5.41, 5.74) is 0. The fraction of sp³-hybridized carbons (Fsp3) is 0.643. The van der Waals surface area contributed by atoms with E-state index in [0.717, 1.165) is 12.8 Å². The van der Waals surface area contributed by atoms with E-state index in [1.165, 1.54) is 6.08 Å². The van der Waals surface area contributed by atoms with Crippen LogP contribution in [0.15, 0.2) is 12.2 Å². The van der Waals surface area contributed by atoms with Crippen LogP contribution in [-0.4, -0.2) is 42.4 Å². The molecule has 1 unspecified atom stereocenters. The molecule has 0 aromatic heterocycles. The maximum absolute atomic E-state index is 10.9. The third kappa shape index (κ3) is 21.2. The van der Waals surface area contributed by atoms with Gasteiger partial charge in [0.1, 0.15) is 6.61 Å². The van der Waals surface area contributed by atoms with Crippen LogP contribution < -0.4 is 18.9 Å². The zero-order chi connectivity index (χ0) is 17.6. The fourth-order valence-electron chi connectivity index (χ4n) is 1.28. The van der Waals surface area contributed by atoms with Crippen molar-refractivity contribution >= 4 is 22.1 Å². The van der Waals surface area contributed by atoms with Gasteiger partial charge in [0.25, 0.3) is 10.1 Å². The van der Waals surface area contributed by atoms with E-state index >= 15 is 0 Å². The Hall–Kier alpha value is -0.813. The zero-order valence-corrected chi connectivity index (χ0v) is 14.8. The zero-order valence-electron chi connectivity index (χ0n) is 14.0. The summed E-state index contributed by atoms with van der Waals surface area (Å²) in [5, 5.41) is 8.83. The number of hydrogen-bond donors (Lipinski definition) is 2. The number of carbonyl (C=O) groups excluding carboxylic acids is 1. The number of carboxylic acid groups (broad SMARTS) is 1. The maximum Gasteiger partial charge on any atom is 1.00 e. The molecule has 0 fully saturated rings. The average molecular weight is 344 g/mol. The Balaban J connectivity index is -0.000000425. The van der Waals surface area contributed by atoms with Crippen LogP contribution in [0.2, 0.25) is 0 Å². The Morgan fingerprint density at radius 2 is 1.91 bits per heavy atom. The van der Waals surface area contributed by atoms with Gasteiger partial charge in [-0.15, -0.1) is 0 Å². The molecule has 0 aromatic rings. The molecule has 0 saturated heterocycles. The second kappa shape index (κ2) is 16.1. The van der Waals surface area contributed by atoms with Gasteiger partial charge in [-0.3, -0.25) is 9.35 Å². The summed E-state index contributed by atoms with van der Waals surface area (Å²) in [6.07, 6.45) is 5.38. The van der Waals surface area contributed by atoms with Gasteiger partial charge < -0.3 is 16.8 Å². The normalized spacial score (nSPS) is 11.8. The Morgan fingerprint density at radius 3 is 2.22 bits per heavy atom. The molecule has 0 heterocycles. The van der Waals surface area contributed by atoms with Crippen molar-refractivity contribution in [2.45, 2.75) is 39.5 Å². The Bertz CT molecular complexity index is 446. The fourth-order valence-corrected chi connectivity index (χ4v) is 1.64. The molecule has 0 saturated carbocycles. The van der Waals surface area contributed by atoms with E-state index in [-0.39, 0.29) is 37.6 Å². The second-order valence-electron chi connectivity index (χ2n) is 4.45. The summed E-state index contributed by atoms with van der Waals surface area (Å²) in [6, 6.07) is 0. The molecule has 9 heteroatoms. The number of carboxylic acids is 1. The van der Waals surface area contributed by atoms with Gasteiger partial charge in [0.05, 0.1) is 5.92 Å². The first kappa shape index (κ1) is 27.1. The monoisotopic (exact) mass is 344 g/mol. The summed E-state index contributed by atoms with van der Waals surface area (Å²) in [6.45, 7) is 6.88. The molecule has 0 spiro atoms. The van der Waals surface area contributed by atoms with Gasteiger partial charge in [-0.1, -0.05) is 25.8 Å². The van der Waals surface area contributed by atoms with Crippen molar-refractivity contribution in [3.8, 4) is 0 Å². The minimum Gasteiger partial charge on any atom is -0.481 e. The van der Waals surface area contributed by atoms with Crippen molar-refractivity contribution in [3.05, 3.63) is 19.1 Å². The van der Waals surface area contributed by atoms with Gasteiger partial charge in [0.2, 0.25) is 0 Å². The quantitative estimate of drug-likeness (QED) is 0.183. The third-order valence-corrected chi connectivity index (χ3v) is 3.19. The van der Waals surface area contributed by atoms with Crippen molar-refractivity contribution in [1.82, 2.24) is 0 Å². The van der Waals surface area contributed by atoms with E-state index in [2.05, 4.69) is 6.92 Å². The first-order valence-corrected chi connectivity index (χ1v) is 8.55. The predicted molar refractivity (Wildman–Crippen MR) is 82.8 cm³/mol. The predicted octanol–water partition coefficient (Wildman–Crippen LogP) is -0.901. The number of rotatable bonds is 9. The van der Waals surface area contributed by atoms with Gasteiger partial charge in [0.15, 0.2) is 0 Å². The minimum atomic E-state index is -3.74. The SMILES string of the molecule is CC=CC(=O)OCC(CCCC)C(=O)O.[CH2-]CCS(=O)(=O)O.[Li+]. The van der Waals surface area contributed by atoms with Crippen molar-refractivity contribution in [3.63, 3.8) is 0 Å². The Morgan fingerprint density at radius 1 is 1.35 bits per heavy atom.